The Bertz CT molecular complexity index is 950. The molecule has 2 bridgehead atoms. The maximum Gasteiger partial charge on any atom is 0.345 e. The molecule has 0 aromatic carbocycles. The Hall–Kier alpha value is -2.38. The van der Waals surface area contributed by atoms with Crippen LogP contribution in [-0.2, 0) is 30.8 Å². The lowest BCUT2D eigenvalue weighted by Gasteiger charge is -2.28. The third-order valence-corrected chi connectivity index (χ3v) is 6.24. The number of hydrogen-bond acceptors (Lipinski definition) is 4. The molecule has 27 heavy (non-hydrogen) atoms. The second-order valence-corrected chi connectivity index (χ2v) is 8.41. The Morgan fingerprint density at radius 3 is 2.59 bits per heavy atom. The van der Waals surface area contributed by atoms with Gasteiger partial charge in [-0.25, -0.2) is 9.48 Å². The summed E-state index contributed by atoms with van der Waals surface area (Å²) < 4.78 is 5.25. The average molecular weight is 370 g/mol. The van der Waals surface area contributed by atoms with Gasteiger partial charge >= 0.3 is 5.69 Å². The summed E-state index contributed by atoms with van der Waals surface area (Å²) in [5.74, 6) is 1.56. The molecule has 1 amide bonds. The van der Waals surface area contributed by atoms with Crippen molar-refractivity contribution in [3.05, 3.63) is 33.8 Å². The molecule has 2 aliphatic heterocycles. The molecule has 1 saturated carbocycles. The lowest BCUT2D eigenvalue weighted by Crippen LogP contribution is -2.44. The first-order valence-corrected chi connectivity index (χ1v) is 9.98. The number of amides is 1. The van der Waals surface area contributed by atoms with E-state index >= 15 is 0 Å². The van der Waals surface area contributed by atoms with Crippen LogP contribution < -0.4 is 5.69 Å². The minimum atomic E-state index is -0.00426. The van der Waals surface area contributed by atoms with Crippen LogP contribution in [0.2, 0.25) is 0 Å². The van der Waals surface area contributed by atoms with Crippen LogP contribution in [0.4, 0.5) is 0 Å². The highest BCUT2D eigenvalue weighted by molar-refractivity contribution is 5.77. The Morgan fingerprint density at radius 1 is 1.11 bits per heavy atom. The van der Waals surface area contributed by atoms with Gasteiger partial charge in [0.1, 0.15) is 12.4 Å². The van der Waals surface area contributed by atoms with Gasteiger partial charge in [-0.15, -0.1) is 0 Å². The number of aryl methyl sites for hydroxylation is 2. The van der Waals surface area contributed by atoms with Crippen LogP contribution in [0.5, 0.6) is 0 Å². The first-order chi connectivity index (χ1) is 13.0. The van der Waals surface area contributed by atoms with E-state index in [4.69, 9.17) is 0 Å². The van der Waals surface area contributed by atoms with Crippen molar-refractivity contribution < 1.29 is 4.79 Å². The first-order valence-electron chi connectivity index (χ1n) is 9.98. The van der Waals surface area contributed by atoms with Crippen LogP contribution in [0.15, 0.2) is 10.9 Å². The van der Waals surface area contributed by atoms with Crippen LogP contribution in [-0.4, -0.2) is 47.0 Å². The Labute approximate surface area is 157 Å². The van der Waals surface area contributed by atoms with Crippen molar-refractivity contribution >= 4 is 5.91 Å². The lowest BCUT2D eigenvalue weighted by molar-refractivity contribution is -0.135. The third kappa shape index (κ3) is 2.91. The molecule has 0 N–H and O–H groups in total. The summed E-state index contributed by atoms with van der Waals surface area (Å²) in [6, 6.07) is 2.20. The fourth-order valence-corrected chi connectivity index (χ4v) is 4.70. The fourth-order valence-electron chi connectivity index (χ4n) is 4.70. The van der Waals surface area contributed by atoms with E-state index < -0.39 is 0 Å². The molecule has 8 nitrogen and oxygen atoms in total. The number of aromatic nitrogens is 5. The molecule has 2 aromatic rings. The van der Waals surface area contributed by atoms with E-state index in [2.05, 4.69) is 10.2 Å². The number of hydrogen-bond donors (Lipinski definition) is 0. The summed E-state index contributed by atoms with van der Waals surface area (Å²) in [6.45, 7) is 5.49. The van der Waals surface area contributed by atoms with E-state index in [9.17, 15) is 9.59 Å². The lowest BCUT2D eigenvalue weighted by atomic mass is 10.1. The zero-order valence-electron chi connectivity index (χ0n) is 16.0. The summed E-state index contributed by atoms with van der Waals surface area (Å²) >= 11 is 0. The van der Waals surface area contributed by atoms with E-state index in [-0.39, 0.29) is 30.2 Å². The summed E-state index contributed by atoms with van der Waals surface area (Å²) in [5, 5.41) is 9.04. The van der Waals surface area contributed by atoms with Gasteiger partial charge in [-0.1, -0.05) is 0 Å². The normalized spacial score (nSPS) is 24.1. The summed E-state index contributed by atoms with van der Waals surface area (Å²) in [4.78, 5) is 27.8. The third-order valence-electron chi connectivity index (χ3n) is 6.24. The fraction of sp³-hybridized carbons (Fsp3) is 0.684. The molecule has 8 heteroatoms. The molecule has 2 unspecified atom stereocenters. The van der Waals surface area contributed by atoms with Crippen molar-refractivity contribution in [1.29, 1.82) is 0 Å². The van der Waals surface area contributed by atoms with Crippen LogP contribution in [0.1, 0.15) is 42.9 Å². The molecule has 2 fully saturated rings. The molecule has 2 aromatic heterocycles. The quantitative estimate of drug-likeness (QED) is 0.801. The van der Waals surface area contributed by atoms with Gasteiger partial charge in [0.25, 0.3) is 0 Å². The molecule has 1 saturated heterocycles. The highest BCUT2D eigenvalue weighted by Gasteiger charge is 2.41. The van der Waals surface area contributed by atoms with Crippen LogP contribution >= 0.6 is 0 Å². The predicted octanol–water partition coefficient (Wildman–Crippen LogP) is 0.884. The predicted molar refractivity (Wildman–Crippen MR) is 98.3 cm³/mol. The highest BCUT2D eigenvalue weighted by Crippen LogP contribution is 2.32. The van der Waals surface area contributed by atoms with Gasteiger partial charge in [-0.05, 0) is 51.5 Å². The van der Waals surface area contributed by atoms with E-state index in [0.29, 0.717) is 18.9 Å². The minimum absolute atomic E-state index is 0.00426. The van der Waals surface area contributed by atoms with E-state index in [1.54, 1.807) is 9.36 Å². The van der Waals surface area contributed by atoms with Gasteiger partial charge < -0.3 is 4.90 Å². The van der Waals surface area contributed by atoms with E-state index in [1.165, 1.54) is 12.8 Å². The van der Waals surface area contributed by atoms with Crippen LogP contribution in [0, 0.1) is 19.8 Å². The van der Waals surface area contributed by atoms with Crippen molar-refractivity contribution in [3.63, 3.8) is 0 Å². The van der Waals surface area contributed by atoms with E-state index in [1.807, 2.05) is 29.4 Å². The highest BCUT2D eigenvalue weighted by atomic mass is 16.2. The molecule has 4 heterocycles. The maximum atomic E-state index is 13.1. The molecule has 0 spiro atoms. The van der Waals surface area contributed by atoms with Gasteiger partial charge in [-0.3, -0.25) is 14.0 Å². The summed E-state index contributed by atoms with van der Waals surface area (Å²) in [5.41, 5.74) is 1.92. The first kappa shape index (κ1) is 16.8. The van der Waals surface area contributed by atoms with Crippen molar-refractivity contribution in [2.75, 3.05) is 0 Å². The molecule has 2 atom stereocenters. The van der Waals surface area contributed by atoms with E-state index in [0.717, 1.165) is 36.6 Å². The minimum Gasteiger partial charge on any atom is -0.333 e. The van der Waals surface area contributed by atoms with Crippen molar-refractivity contribution in [2.24, 2.45) is 5.92 Å². The summed E-state index contributed by atoms with van der Waals surface area (Å²) in [7, 11) is 0. The molecule has 0 radical (unpaired) electrons. The molecule has 144 valence electrons. The number of carbonyl (C=O) groups is 1. The van der Waals surface area contributed by atoms with Gasteiger partial charge in [0.15, 0.2) is 0 Å². The average Bonchev–Trinajstić information content (AvgIpc) is 3.21. The van der Waals surface area contributed by atoms with Gasteiger partial charge in [0.05, 0.1) is 11.7 Å². The molecule has 3 aliphatic rings. The number of rotatable bonds is 4. The Balaban J connectivity index is 1.38. The second-order valence-electron chi connectivity index (χ2n) is 8.41. The van der Waals surface area contributed by atoms with Crippen molar-refractivity contribution in [1.82, 2.24) is 29.0 Å². The largest absolute Gasteiger partial charge is 0.345 e. The maximum absolute atomic E-state index is 13.1. The Morgan fingerprint density at radius 2 is 1.89 bits per heavy atom. The number of fused-ring (bicyclic) bond motifs is 3. The topological polar surface area (TPSA) is 78.0 Å². The van der Waals surface area contributed by atoms with Gasteiger partial charge in [-0.2, -0.15) is 10.2 Å². The zero-order valence-corrected chi connectivity index (χ0v) is 16.0. The standard InChI is InChI=1S/C19H26N6O2/c1-12-7-13(2)23(20-12)11-18(26)25-15-5-6-16(25)10-22-17(8-15)21-24(19(22)27)9-14-3-4-14/h7,14-16H,3-6,8-11H2,1-2H3. The summed E-state index contributed by atoms with van der Waals surface area (Å²) in [6.07, 6.45) is 5.01. The number of nitrogens with zero attached hydrogens (tertiary/aromatic N) is 6. The van der Waals surface area contributed by atoms with Gasteiger partial charge in [0, 0.05) is 31.2 Å². The number of carbonyl (C=O) groups excluding carboxylic acids is 1. The van der Waals surface area contributed by atoms with Gasteiger partial charge in [0.2, 0.25) is 5.91 Å². The molecular formula is C19H26N6O2. The van der Waals surface area contributed by atoms with Crippen LogP contribution in [0.25, 0.3) is 0 Å². The smallest absolute Gasteiger partial charge is 0.333 e. The second kappa shape index (κ2) is 6.07. The van der Waals surface area contributed by atoms with Crippen molar-refractivity contribution in [3.8, 4) is 0 Å². The van der Waals surface area contributed by atoms with Crippen LogP contribution in [0.3, 0.4) is 0 Å². The Kier molecular flexibility index (Phi) is 3.77. The molecular weight excluding hydrogens is 344 g/mol. The molecule has 1 aliphatic carbocycles. The zero-order chi connectivity index (χ0) is 18.7. The monoisotopic (exact) mass is 370 g/mol. The SMILES string of the molecule is Cc1cc(C)n(CC(=O)N2C3CCC2Cn2c(nn(CC4CC4)c2=O)C3)n1. The van der Waals surface area contributed by atoms with Crippen molar-refractivity contribution in [2.45, 2.75) is 77.7 Å². The molecule has 5 rings (SSSR count).